The molecule has 0 aromatic heterocycles. The topological polar surface area (TPSA) is 23.9 Å². The van der Waals surface area contributed by atoms with Gasteiger partial charge in [-0.15, -0.1) is 0 Å². The molecule has 1 rings (SSSR count). The van der Waals surface area contributed by atoms with E-state index in [0.29, 0.717) is 11.8 Å². The molecule has 1 fully saturated rings. The van der Waals surface area contributed by atoms with Gasteiger partial charge in [-0.1, -0.05) is 26.7 Å². The highest BCUT2D eigenvalue weighted by atomic mass is 14.5. The Kier molecular flexibility index (Phi) is 3.10. The molecule has 1 aliphatic rings. The van der Waals surface area contributed by atoms with Gasteiger partial charge in [0.2, 0.25) is 0 Å². The molecule has 0 unspecified atom stereocenters. The zero-order chi connectivity index (χ0) is 8.27. The monoisotopic (exact) mass is 153 g/mol. The zero-order valence-corrected chi connectivity index (χ0v) is 7.69. The first-order valence-electron chi connectivity index (χ1n) is 4.77. The molecule has 0 saturated heterocycles. The minimum Gasteiger partial charge on any atom is -0.309 e. The predicted octanol–water partition coefficient (Wildman–Crippen LogP) is 3.24. The molecule has 1 aliphatic carbocycles. The van der Waals surface area contributed by atoms with Gasteiger partial charge in [0.1, 0.15) is 0 Å². The van der Waals surface area contributed by atoms with Gasteiger partial charge in [-0.3, -0.25) is 0 Å². The van der Waals surface area contributed by atoms with Crippen LogP contribution in [-0.2, 0) is 0 Å². The SMILES string of the molecule is CC(C)CC(=N)C1CCCC1. The fourth-order valence-electron chi connectivity index (χ4n) is 1.88. The van der Waals surface area contributed by atoms with Crippen LogP contribution in [0.15, 0.2) is 0 Å². The highest BCUT2D eigenvalue weighted by Crippen LogP contribution is 2.27. The summed E-state index contributed by atoms with van der Waals surface area (Å²) in [6, 6.07) is 0. The van der Waals surface area contributed by atoms with Gasteiger partial charge >= 0.3 is 0 Å². The fourth-order valence-corrected chi connectivity index (χ4v) is 1.88. The van der Waals surface area contributed by atoms with Gasteiger partial charge in [0.05, 0.1) is 0 Å². The number of nitrogens with one attached hydrogen (secondary N) is 1. The van der Waals surface area contributed by atoms with Crippen LogP contribution in [0.3, 0.4) is 0 Å². The standard InChI is InChI=1S/C10H19N/c1-8(2)7-10(11)9-5-3-4-6-9/h8-9,11H,3-7H2,1-2H3. The molecule has 0 radical (unpaired) electrons. The molecule has 0 heterocycles. The fraction of sp³-hybridized carbons (Fsp3) is 0.900. The molecule has 11 heavy (non-hydrogen) atoms. The van der Waals surface area contributed by atoms with Crippen molar-refractivity contribution in [2.45, 2.75) is 46.0 Å². The lowest BCUT2D eigenvalue weighted by Crippen LogP contribution is -2.11. The molecule has 64 valence electrons. The molecule has 0 atom stereocenters. The molecular weight excluding hydrogens is 134 g/mol. The molecule has 1 nitrogen and oxygen atoms in total. The van der Waals surface area contributed by atoms with Crippen molar-refractivity contribution in [1.29, 1.82) is 5.41 Å². The third-order valence-electron chi connectivity index (χ3n) is 2.48. The van der Waals surface area contributed by atoms with E-state index >= 15 is 0 Å². The minimum absolute atomic E-state index is 0.650. The number of hydrogen-bond donors (Lipinski definition) is 1. The van der Waals surface area contributed by atoms with Crippen molar-refractivity contribution in [1.82, 2.24) is 0 Å². The summed E-state index contributed by atoms with van der Waals surface area (Å²) in [4.78, 5) is 0. The van der Waals surface area contributed by atoms with E-state index < -0.39 is 0 Å². The average molecular weight is 153 g/mol. The van der Waals surface area contributed by atoms with E-state index in [1.807, 2.05) is 0 Å². The number of rotatable bonds is 3. The Hall–Kier alpha value is -0.330. The van der Waals surface area contributed by atoms with Gasteiger partial charge in [0, 0.05) is 5.71 Å². The molecular formula is C10H19N. The average Bonchev–Trinajstić information content (AvgIpc) is 2.35. The van der Waals surface area contributed by atoms with Crippen molar-refractivity contribution in [2.75, 3.05) is 0 Å². The van der Waals surface area contributed by atoms with Crippen molar-refractivity contribution in [3.8, 4) is 0 Å². The van der Waals surface area contributed by atoms with Crippen LogP contribution < -0.4 is 0 Å². The maximum absolute atomic E-state index is 7.82. The van der Waals surface area contributed by atoms with Gasteiger partial charge in [-0.25, -0.2) is 0 Å². The van der Waals surface area contributed by atoms with E-state index in [2.05, 4.69) is 13.8 Å². The van der Waals surface area contributed by atoms with Crippen molar-refractivity contribution >= 4 is 5.71 Å². The van der Waals surface area contributed by atoms with Crippen molar-refractivity contribution in [2.24, 2.45) is 11.8 Å². The second-order valence-corrected chi connectivity index (χ2v) is 4.10. The first kappa shape index (κ1) is 8.76. The van der Waals surface area contributed by atoms with Crippen LogP contribution in [0, 0.1) is 17.2 Å². The smallest absolute Gasteiger partial charge is 0.0123 e. The second-order valence-electron chi connectivity index (χ2n) is 4.10. The van der Waals surface area contributed by atoms with Gasteiger partial charge in [-0.05, 0) is 31.1 Å². The van der Waals surface area contributed by atoms with Crippen molar-refractivity contribution < 1.29 is 0 Å². The molecule has 1 N–H and O–H groups in total. The van der Waals surface area contributed by atoms with Crippen LogP contribution in [0.1, 0.15) is 46.0 Å². The maximum atomic E-state index is 7.82. The Morgan fingerprint density at radius 1 is 1.36 bits per heavy atom. The quantitative estimate of drug-likeness (QED) is 0.602. The molecule has 0 aromatic carbocycles. The van der Waals surface area contributed by atoms with Crippen LogP contribution in [0.2, 0.25) is 0 Å². The second kappa shape index (κ2) is 3.89. The van der Waals surface area contributed by atoms with Gasteiger partial charge in [-0.2, -0.15) is 0 Å². The van der Waals surface area contributed by atoms with E-state index in [-0.39, 0.29) is 0 Å². The number of hydrogen-bond acceptors (Lipinski definition) is 1. The lowest BCUT2D eigenvalue weighted by Gasteiger charge is -2.12. The summed E-state index contributed by atoms with van der Waals surface area (Å²) >= 11 is 0. The van der Waals surface area contributed by atoms with Crippen LogP contribution in [0.25, 0.3) is 0 Å². The summed E-state index contributed by atoms with van der Waals surface area (Å²) in [6.07, 6.45) is 6.29. The third kappa shape index (κ3) is 2.64. The summed E-state index contributed by atoms with van der Waals surface area (Å²) in [6.45, 7) is 4.40. The Morgan fingerprint density at radius 3 is 2.36 bits per heavy atom. The predicted molar refractivity (Wildman–Crippen MR) is 49.1 cm³/mol. The molecule has 0 bridgehead atoms. The van der Waals surface area contributed by atoms with E-state index in [9.17, 15) is 0 Å². The Bertz CT molecular complexity index is 132. The minimum atomic E-state index is 0.650. The zero-order valence-electron chi connectivity index (χ0n) is 7.69. The maximum Gasteiger partial charge on any atom is 0.0123 e. The highest BCUT2D eigenvalue weighted by molar-refractivity contribution is 5.84. The summed E-state index contributed by atoms with van der Waals surface area (Å²) in [5.74, 6) is 1.32. The Labute approximate surface area is 69.7 Å². The van der Waals surface area contributed by atoms with Crippen LogP contribution >= 0.6 is 0 Å². The summed E-state index contributed by atoms with van der Waals surface area (Å²) in [5, 5.41) is 7.82. The normalized spacial score (nSPS) is 19.5. The molecule has 0 aliphatic heterocycles. The largest absolute Gasteiger partial charge is 0.309 e. The first-order chi connectivity index (χ1) is 5.20. The highest BCUT2D eigenvalue weighted by Gasteiger charge is 2.19. The summed E-state index contributed by atoms with van der Waals surface area (Å²) < 4.78 is 0. The van der Waals surface area contributed by atoms with Gasteiger partial charge in [0.15, 0.2) is 0 Å². The van der Waals surface area contributed by atoms with Gasteiger partial charge in [0.25, 0.3) is 0 Å². The van der Waals surface area contributed by atoms with Crippen LogP contribution in [0.5, 0.6) is 0 Å². The van der Waals surface area contributed by atoms with Gasteiger partial charge < -0.3 is 5.41 Å². The van der Waals surface area contributed by atoms with E-state index in [1.54, 1.807) is 0 Å². The third-order valence-corrected chi connectivity index (χ3v) is 2.48. The van der Waals surface area contributed by atoms with Crippen molar-refractivity contribution in [3.63, 3.8) is 0 Å². The molecule has 1 heteroatoms. The molecule has 0 spiro atoms. The van der Waals surface area contributed by atoms with Crippen molar-refractivity contribution in [3.05, 3.63) is 0 Å². The molecule has 0 amide bonds. The summed E-state index contributed by atoms with van der Waals surface area (Å²) in [7, 11) is 0. The van der Waals surface area contributed by atoms with Crippen LogP contribution in [0.4, 0.5) is 0 Å². The van der Waals surface area contributed by atoms with E-state index in [1.165, 1.54) is 25.7 Å². The lowest BCUT2D eigenvalue weighted by atomic mass is 9.94. The van der Waals surface area contributed by atoms with Crippen LogP contribution in [-0.4, -0.2) is 5.71 Å². The Balaban J connectivity index is 2.28. The first-order valence-corrected chi connectivity index (χ1v) is 4.77. The van der Waals surface area contributed by atoms with E-state index in [0.717, 1.165) is 12.1 Å². The molecule has 0 aromatic rings. The lowest BCUT2D eigenvalue weighted by molar-refractivity contribution is 0.629. The Morgan fingerprint density at radius 2 is 1.91 bits per heavy atom. The molecule has 1 saturated carbocycles. The summed E-state index contributed by atoms with van der Waals surface area (Å²) in [5.41, 5.74) is 1.01. The van der Waals surface area contributed by atoms with E-state index in [4.69, 9.17) is 5.41 Å².